The Bertz CT molecular complexity index is 595. The van der Waals surface area contributed by atoms with Gasteiger partial charge in [0.25, 0.3) is 5.91 Å². The van der Waals surface area contributed by atoms with Crippen LogP contribution in [0.1, 0.15) is 6.92 Å². The third-order valence-corrected chi connectivity index (χ3v) is 3.13. The molecule has 1 atom stereocenters. The van der Waals surface area contributed by atoms with Crippen molar-refractivity contribution in [1.29, 1.82) is 0 Å². The number of nitrogens with zero attached hydrogens (tertiary/aromatic N) is 1. The largest absolute Gasteiger partial charge is 0.463 e. The van der Waals surface area contributed by atoms with Crippen molar-refractivity contribution in [2.45, 2.75) is 19.2 Å². The van der Waals surface area contributed by atoms with E-state index >= 15 is 0 Å². The minimum absolute atomic E-state index is 0.258. The van der Waals surface area contributed by atoms with Crippen LogP contribution in [-0.4, -0.2) is 29.8 Å². The number of ether oxygens (including phenoxy) is 1. The van der Waals surface area contributed by atoms with Crippen molar-refractivity contribution >= 4 is 22.4 Å². The zero-order chi connectivity index (χ0) is 15.5. The third-order valence-electron chi connectivity index (χ3n) is 2.37. The smallest absolute Gasteiger partial charge is 0.411 e. The molecule has 0 bridgehead atoms. The van der Waals surface area contributed by atoms with E-state index in [0.29, 0.717) is 11.5 Å². The molecule has 114 valence electrons. The molecular formula is C12H11F3N2O3S. The monoisotopic (exact) mass is 320 g/mol. The molecule has 1 amide bonds. The summed E-state index contributed by atoms with van der Waals surface area (Å²) >= 11 is 1.14. The van der Waals surface area contributed by atoms with Crippen LogP contribution in [0.25, 0.3) is 11.5 Å². The summed E-state index contributed by atoms with van der Waals surface area (Å²) in [6.07, 6.45) is -4.22. The van der Waals surface area contributed by atoms with Crippen LogP contribution in [0.4, 0.5) is 18.3 Å². The SMILES string of the molecule is C[C@@H](OCC(F)(F)F)C(=O)Nc1nc(-c2ccco2)cs1. The van der Waals surface area contributed by atoms with Gasteiger partial charge in [-0.1, -0.05) is 0 Å². The van der Waals surface area contributed by atoms with E-state index in [2.05, 4.69) is 15.0 Å². The summed E-state index contributed by atoms with van der Waals surface area (Å²) in [5.74, 6) is -0.160. The topological polar surface area (TPSA) is 64.4 Å². The first-order valence-electron chi connectivity index (χ1n) is 5.84. The fraction of sp³-hybridized carbons (Fsp3) is 0.333. The lowest BCUT2D eigenvalue weighted by molar-refractivity contribution is -0.184. The lowest BCUT2D eigenvalue weighted by Crippen LogP contribution is -2.31. The molecule has 0 aliphatic carbocycles. The molecule has 0 unspecified atom stereocenters. The summed E-state index contributed by atoms with van der Waals surface area (Å²) in [4.78, 5) is 15.8. The van der Waals surface area contributed by atoms with Gasteiger partial charge in [0, 0.05) is 5.38 Å². The first-order chi connectivity index (χ1) is 9.85. The number of anilines is 1. The molecule has 2 aromatic heterocycles. The van der Waals surface area contributed by atoms with Gasteiger partial charge in [0.2, 0.25) is 0 Å². The molecule has 1 N–H and O–H groups in total. The summed E-state index contributed by atoms with van der Waals surface area (Å²) < 4.78 is 45.6. The highest BCUT2D eigenvalue weighted by Gasteiger charge is 2.30. The van der Waals surface area contributed by atoms with Crippen molar-refractivity contribution in [1.82, 2.24) is 4.98 Å². The number of thiazole rings is 1. The van der Waals surface area contributed by atoms with Crippen molar-refractivity contribution in [2.75, 3.05) is 11.9 Å². The molecule has 0 saturated carbocycles. The second-order valence-electron chi connectivity index (χ2n) is 4.07. The van der Waals surface area contributed by atoms with Crippen LogP contribution in [0, 0.1) is 0 Å². The number of hydrogen-bond donors (Lipinski definition) is 1. The normalized spacial score (nSPS) is 13.1. The number of halogens is 3. The summed E-state index contributed by atoms with van der Waals surface area (Å²) in [5, 5.41) is 4.32. The Morgan fingerprint density at radius 2 is 2.33 bits per heavy atom. The maximum atomic E-state index is 12.0. The lowest BCUT2D eigenvalue weighted by Gasteiger charge is -2.13. The number of carbonyl (C=O) groups is 1. The van der Waals surface area contributed by atoms with E-state index in [1.165, 1.54) is 13.2 Å². The Balaban J connectivity index is 1.91. The number of aromatic nitrogens is 1. The molecule has 5 nitrogen and oxygen atoms in total. The van der Waals surface area contributed by atoms with E-state index in [9.17, 15) is 18.0 Å². The predicted molar refractivity (Wildman–Crippen MR) is 69.9 cm³/mol. The molecule has 0 aliphatic rings. The van der Waals surface area contributed by atoms with Crippen molar-refractivity contribution in [3.8, 4) is 11.5 Å². The molecule has 0 spiro atoms. The number of nitrogens with one attached hydrogen (secondary N) is 1. The van der Waals surface area contributed by atoms with Crippen LogP contribution in [-0.2, 0) is 9.53 Å². The average molecular weight is 320 g/mol. The van der Waals surface area contributed by atoms with E-state index < -0.39 is 24.8 Å². The summed E-state index contributed by atoms with van der Waals surface area (Å²) in [7, 11) is 0. The van der Waals surface area contributed by atoms with Crippen LogP contribution < -0.4 is 5.32 Å². The number of hydrogen-bond acceptors (Lipinski definition) is 5. The highest BCUT2D eigenvalue weighted by Crippen LogP contribution is 2.25. The van der Waals surface area contributed by atoms with Gasteiger partial charge in [-0.25, -0.2) is 4.98 Å². The molecule has 9 heteroatoms. The summed E-state index contributed by atoms with van der Waals surface area (Å²) in [6, 6.07) is 3.40. The first kappa shape index (κ1) is 15.5. The molecule has 0 aromatic carbocycles. The van der Waals surface area contributed by atoms with Gasteiger partial charge in [0.1, 0.15) is 18.4 Å². The maximum absolute atomic E-state index is 12.0. The quantitative estimate of drug-likeness (QED) is 0.918. The second-order valence-corrected chi connectivity index (χ2v) is 4.93. The number of carbonyl (C=O) groups excluding carboxylic acids is 1. The van der Waals surface area contributed by atoms with Gasteiger partial charge in [0.05, 0.1) is 6.26 Å². The van der Waals surface area contributed by atoms with Gasteiger partial charge in [-0.3, -0.25) is 10.1 Å². The van der Waals surface area contributed by atoms with E-state index in [4.69, 9.17) is 4.42 Å². The van der Waals surface area contributed by atoms with Crippen LogP contribution in [0.2, 0.25) is 0 Å². The van der Waals surface area contributed by atoms with Gasteiger partial charge in [0.15, 0.2) is 10.9 Å². The number of furan rings is 1. The minimum Gasteiger partial charge on any atom is -0.463 e. The zero-order valence-corrected chi connectivity index (χ0v) is 11.6. The van der Waals surface area contributed by atoms with E-state index in [1.54, 1.807) is 17.5 Å². The van der Waals surface area contributed by atoms with Crippen LogP contribution in [0.3, 0.4) is 0 Å². The number of rotatable bonds is 5. The Hall–Kier alpha value is -1.87. The van der Waals surface area contributed by atoms with Gasteiger partial charge < -0.3 is 9.15 Å². The fourth-order valence-electron chi connectivity index (χ4n) is 1.37. The standard InChI is InChI=1S/C12H11F3N2O3S/c1-7(20-6-12(13,14)15)10(18)17-11-16-8(5-21-11)9-3-2-4-19-9/h2-5,7H,6H2,1H3,(H,16,17,18)/t7-/m1/s1. The van der Waals surface area contributed by atoms with Crippen LogP contribution in [0.5, 0.6) is 0 Å². The van der Waals surface area contributed by atoms with Gasteiger partial charge in [-0.05, 0) is 19.1 Å². The van der Waals surface area contributed by atoms with Crippen LogP contribution in [0.15, 0.2) is 28.2 Å². The molecule has 0 saturated heterocycles. The molecule has 0 fully saturated rings. The van der Waals surface area contributed by atoms with Crippen molar-refractivity contribution in [3.63, 3.8) is 0 Å². The van der Waals surface area contributed by atoms with Crippen molar-refractivity contribution in [3.05, 3.63) is 23.8 Å². The third kappa shape index (κ3) is 4.57. The highest BCUT2D eigenvalue weighted by atomic mass is 32.1. The van der Waals surface area contributed by atoms with E-state index in [-0.39, 0.29) is 5.13 Å². The zero-order valence-electron chi connectivity index (χ0n) is 10.8. The van der Waals surface area contributed by atoms with Crippen LogP contribution >= 0.6 is 11.3 Å². The van der Waals surface area contributed by atoms with Crippen molar-refractivity contribution < 1.29 is 27.1 Å². The van der Waals surface area contributed by atoms with Gasteiger partial charge in [-0.2, -0.15) is 13.2 Å². The van der Waals surface area contributed by atoms with E-state index in [1.807, 2.05) is 0 Å². The molecule has 0 aliphatic heterocycles. The Labute approximate surface area is 121 Å². The average Bonchev–Trinajstić information content (AvgIpc) is 3.04. The molecule has 2 heterocycles. The second kappa shape index (κ2) is 6.27. The molecular weight excluding hydrogens is 309 g/mol. The summed E-state index contributed by atoms with van der Waals surface area (Å²) in [6.45, 7) is -0.237. The Morgan fingerprint density at radius 1 is 1.57 bits per heavy atom. The first-order valence-corrected chi connectivity index (χ1v) is 6.72. The highest BCUT2D eigenvalue weighted by molar-refractivity contribution is 7.14. The maximum Gasteiger partial charge on any atom is 0.411 e. The fourth-order valence-corrected chi connectivity index (χ4v) is 2.07. The Kier molecular flexibility index (Phi) is 4.63. The molecule has 21 heavy (non-hydrogen) atoms. The molecule has 0 radical (unpaired) electrons. The predicted octanol–water partition coefficient (Wildman–Crippen LogP) is 3.31. The Morgan fingerprint density at radius 3 is 2.95 bits per heavy atom. The molecule has 2 rings (SSSR count). The minimum atomic E-state index is -4.47. The van der Waals surface area contributed by atoms with E-state index in [0.717, 1.165) is 11.3 Å². The summed E-state index contributed by atoms with van der Waals surface area (Å²) in [5.41, 5.74) is 0.532. The van der Waals surface area contributed by atoms with Crippen molar-refractivity contribution in [2.24, 2.45) is 0 Å². The number of amides is 1. The lowest BCUT2D eigenvalue weighted by atomic mass is 10.4. The van der Waals surface area contributed by atoms with Gasteiger partial charge in [-0.15, -0.1) is 11.3 Å². The molecule has 2 aromatic rings. The number of alkyl halides is 3. The van der Waals surface area contributed by atoms with Gasteiger partial charge >= 0.3 is 6.18 Å².